The maximum atomic E-state index is 12.3. The lowest BCUT2D eigenvalue weighted by atomic mass is 9.87. The summed E-state index contributed by atoms with van der Waals surface area (Å²) in [6, 6.07) is 0. The van der Waals surface area contributed by atoms with Crippen LogP contribution in [0.2, 0.25) is 0 Å². The van der Waals surface area contributed by atoms with Crippen LogP contribution in [0, 0.1) is 5.41 Å². The molecule has 0 bridgehead atoms. The van der Waals surface area contributed by atoms with Gasteiger partial charge in [-0.25, -0.2) is 0 Å². The van der Waals surface area contributed by atoms with Crippen molar-refractivity contribution in [2.24, 2.45) is 5.41 Å². The predicted molar refractivity (Wildman–Crippen MR) is 71.9 cm³/mol. The van der Waals surface area contributed by atoms with E-state index >= 15 is 0 Å². The van der Waals surface area contributed by atoms with E-state index in [9.17, 15) is 9.59 Å². The van der Waals surface area contributed by atoms with Crippen molar-refractivity contribution in [3.63, 3.8) is 0 Å². The molecule has 0 radical (unpaired) electrons. The monoisotopic (exact) mass is 271 g/mol. The standard InChI is InChI=1S/C14H25NO4/c1-5-19-13(17)14(2,3)12(16)10-15-8-6-7-11(9-15)18-4/h11H,5-10H2,1-4H3. The molecule has 1 heterocycles. The number of hydrogen-bond donors (Lipinski definition) is 0. The minimum Gasteiger partial charge on any atom is -0.465 e. The molecule has 1 aliphatic rings. The number of methoxy groups -OCH3 is 1. The summed E-state index contributed by atoms with van der Waals surface area (Å²) < 4.78 is 10.3. The Labute approximate surface area is 115 Å². The Morgan fingerprint density at radius 2 is 2.05 bits per heavy atom. The number of esters is 1. The summed E-state index contributed by atoms with van der Waals surface area (Å²) in [5.74, 6) is -0.539. The fourth-order valence-electron chi connectivity index (χ4n) is 2.18. The minimum atomic E-state index is -1.07. The SMILES string of the molecule is CCOC(=O)C(C)(C)C(=O)CN1CCCC(OC)C1. The topological polar surface area (TPSA) is 55.8 Å². The highest BCUT2D eigenvalue weighted by atomic mass is 16.5. The van der Waals surface area contributed by atoms with E-state index < -0.39 is 11.4 Å². The second kappa shape index (κ2) is 7.01. The van der Waals surface area contributed by atoms with E-state index in [4.69, 9.17) is 9.47 Å². The molecule has 0 aliphatic carbocycles. The Balaban J connectivity index is 2.55. The van der Waals surface area contributed by atoms with E-state index in [2.05, 4.69) is 4.90 Å². The fourth-order valence-corrected chi connectivity index (χ4v) is 2.18. The van der Waals surface area contributed by atoms with E-state index in [1.54, 1.807) is 27.9 Å². The number of nitrogens with zero attached hydrogens (tertiary/aromatic N) is 1. The Bertz CT molecular complexity index is 327. The first-order valence-corrected chi connectivity index (χ1v) is 6.87. The van der Waals surface area contributed by atoms with Gasteiger partial charge in [0.05, 0.1) is 19.3 Å². The van der Waals surface area contributed by atoms with Crippen LogP contribution in [0.15, 0.2) is 0 Å². The molecule has 1 saturated heterocycles. The zero-order chi connectivity index (χ0) is 14.5. The third-order valence-corrected chi connectivity index (χ3v) is 3.65. The van der Waals surface area contributed by atoms with E-state index in [-0.39, 0.29) is 18.4 Å². The van der Waals surface area contributed by atoms with Crippen LogP contribution in [-0.4, -0.2) is 56.1 Å². The van der Waals surface area contributed by atoms with Gasteiger partial charge in [-0.2, -0.15) is 0 Å². The Kier molecular flexibility index (Phi) is 5.94. The summed E-state index contributed by atoms with van der Waals surface area (Å²) >= 11 is 0. The Morgan fingerprint density at radius 1 is 1.37 bits per heavy atom. The lowest BCUT2D eigenvalue weighted by Gasteiger charge is -2.33. The van der Waals surface area contributed by atoms with Gasteiger partial charge in [-0.1, -0.05) is 0 Å². The molecular formula is C14H25NO4. The van der Waals surface area contributed by atoms with Crippen LogP contribution in [0.5, 0.6) is 0 Å². The molecule has 1 atom stereocenters. The van der Waals surface area contributed by atoms with Gasteiger partial charge in [-0.05, 0) is 40.2 Å². The molecule has 0 aromatic carbocycles. The molecule has 1 aliphatic heterocycles. The summed E-state index contributed by atoms with van der Waals surface area (Å²) in [4.78, 5) is 26.1. The van der Waals surface area contributed by atoms with Crippen molar-refractivity contribution >= 4 is 11.8 Å². The van der Waals surface area contributed by atoms with Crippen LogP contribution in [0.1, 0.15) is 33.6 Å². The molecular weight excluding hydrogens is 246 g/mol. The van der Waals surface area contributed by atoms with Gasteiger partial charge in [0.15, 0.2) is 5.78 Å². The van der Waals surface area contributed by atoms with Crippen molar-refractivity contribution in [2.45, 2.75) is 39.7 Å². The minimum absolute atomic E-state index is 0.0947. The van der Waals surface area contributed by atoms with Gasteiger partial charge < -0.3 is 9.47 Å². The molecule has 0 spiro atoms. The van der Waals surface area contributed by atoms with Crippen LogP contribution in [0.25, 0.3) is 0 Å². The number of ketones is 1. The van der Waals surface area contributed by atoms with Crippen molar-refractivity contribution in [1.29, 1.82) is 0 Å². The van der Waals surface area contributed by atoms with E-state index in [0.29, 0.717) is 6.61 Å². The first-order valence-electron chi connectivity index (χ1n) is 6.87. The maximum Gasteiger partial charge on any atom is 0.319 e. The van der Waals surface area contributed by atoms with Gasteiger partial charge in [-0.3, -0.25) is 14.5 Å². The van der Waals surface area contributed by atoms with E-state index in [0.717, 1.165) is 25.9 Å². The molecule has 1 fully saturated rings. The third-order valence-electron chi connectivity index (χ3n) is 3.65. The van der Waals surface area contributed by atoms with Crippen molar-refractivity contribution in [3.05, 3.63) is 0 Å². The van der Waals surface area contributed by atoms with Crippen molar-refractivity contribution < 1.29 is 19.1 Å². The highest BCUT2D eigenvalue weighted by molar-refractivity contribution is 6.03. The van der Waals surface area contributed by atoms with Crippen molar-refractivity contribution in [3.8, 4) is 0 Å². The zero-order valence-electron chi connectivity index (χ0n) is 12.4. The lowest BCUT2D eigenvalue weighted by Crippen LogP contribution is -2.46. The summed E-state index contributed by atoms with van der Waals surface area (Å²) in [6.07, 6.45) is 2.24. The van der Waals surface area contributed by atoms with E-state index in [1.165, 1.54) is 0 Å². The first-order chi connectivity index (χ1) is 8.91. The molecule has 0 saturated carbocycles. The van der Waals surface area contributed by atoms with Crippen LogP contribution >= 0.6 is 0 Å². The normalized spacial score (nSPS) is 21.2. The fraction of sp³-hybridized carbons (Fsp3) is 0.857. The van der Waals surface area contributed by atoms with Crippen molar-refractivity contribution in [2.75, 3.05) is 33.4 Å². The summed E-state index contributed by atoms with van der Waals surface area (Å²) in [5, 5.41) is 0. The van der Waals surface area contributed by atoms with Crippen molar-refractivity contribution in [1.82, 2.24) is 4.90 Å². The van der Waals surface area contributed by atoms with Gasteiger partial charge in [-0.15, -0.1) is 0 Å². The van der Waals surface area contributed by atoms with Gasteiger partial charge in [0.2, 0.25) is 0 Å². The largest absolute Gasteiger partial charge is 0.465 e. The highest BCUT2D eigenvalue weighted by Gasteiger charge is 2.38. The molecule has 5 heteroatoms. The van der Waals surface area contributed by atoms with Crippen LogP contribution in [0.4, 0.5) is 0 Å². The molecule has 110 valence electrons. The molecule has 1 unspecified atom stereocenters. The lowest BCUT2D eigenvalue weighted by molar-refractivity contribution is -0.158. The third kappa shape index (κ3) is 4.28. The molecule has 19 heavy (non-hydrogen) atoms. The van der Waals surface area contributed by atoms with Gasteiger partial charge in [0.25, 0.3) is 0 Å². The van der Waals surface area contributed by atoms with Gasteiger partial charge >= 0.3 is 5.97 Å². The number of carbonyl (C=O) groups is 2. The summed E-state index contributed by atoms with van der Waals surface area (Å²) in [7, 11) is 1.69. The van der Waals surface area contributed by atoms with Gasteiger partial charge in [0.1, 0.15) is 5.41 Å². The van der Waals surface area contributed by atoms with Crippen LogP contribution < -0.4 is 0 Å². The summed E-state index contributed by atoms with van der Waals surface area (Å²) in [5.41, 5.74) is -1.07. The molecule has 5 nitrogen and oxygen atoms in total. The number of piperidine rings is 1. The van der Waals surface area contributed by atoms with Crippen LogP contribution in [0.3, 0.4) is 0 Å². The first kappa shape index (κ1) is 16.1. The van der Waals surface area contributed by atoms with E-state index in [1.807, 2.05) is 0 Å². The maximum absolute atomic E-state index is 12.3. The number of carbonyl (C=O) groups excluding carboxylic acids is 2. The number of likely N-dealkylation sites (tertiary alicyclic amines) is 1. The Hall–Kier alpha value is -0.940. The molecule has 1 rings (SSSR count). The summed E-state index contributed by atoms with van der Waals surface area (Å²) in [6.45, 7) is 7.21. The Morgan fingerprint density at radius 3 is 2.63 bits per heavy atom. The number of rotatable bonds is 6. The van der Waals surface area contributed by atoms with Crippen LogP contribution in [-0.2, 0) is 19.1 Å². The quantitative estimate of drug-likeness (QED) is 0.537. The average molecular weight is 271 g/mol. The number of hydrogen-bond acceptors (Lipinski definition) is 5. The molecule has 0 aromatic heterocycles. The highest BCUT2D eigenvalue weighted by Crippen LogP contribution is 2.21. The molecule has 0 aromatic rings. The average Bonchev–Trinajstić information content (AvgIpc) is 2.39. The smallest absolute Gasteiger partial charge is 0.319 e. The number of Topliss-reactive ketones (excluding diaryl/α,β-unsaturated/α-hetero) is 1. The zero-order valence-corrected chi connectivity index (χ0v) is 12.4. The second-order valence-electron chi connectivity index (χ2n) is 5.50. The van der Waals surface area contributed by atoms with Gasteiger partial charge in [0, 0.05) is 13.7 Å². The predicted octanol–water partition coefficient (Wildman–Crippen LogP) is 1.26. The second-order valence-corrected chi connectivity index (χ2v) is 5.50. The molecule has 0 N–H and O–H groups in total. The molecule has 0 amide bonds. The number of ether oxygens (including phenoxy) is 2.